The summed E-state index contributed by atoms with van der Waals surface area (Å²) in [5, 5.41) is 2.96. The molecule has 0 bridgehead atoms. The normalized spacial score (nSPS) is 23.9. The number of alkyl halides is 3. The fourth-order valence-corrected chi connectivity index (χ4v) is 4.98. The smallest absolute Gasteiger partial charge is 0.375 e. The number of nitrogens with one attached hydrogen (secondary N) is 1. The second-order valence-electron chi connectivity index (χ2n) is 9.07. The Hall–Kier alpha value is -2.78. The molecular weight excluding hydrogens is 435 g/mol. The van der Waals surface area contributed by atoms with Crippen molar-refractivity contribution in [3.63, 3.8) is 0 Å². The second-order valence-corrected chi connectivity index (χ2v) is 9.07. The van der Waals surface area contributed by atoms with Gasteiger partial charge >= 0.3 is 12.2 Å². The van der Waals surface area contributed by atoms with Gasteiger partial charge in [-0.1, -0.05) is 12.1 Å². The summed E-state index contributed by atoms with van der Waals surface area (Å²) >= 11 is 0. The molecule has 5 rings (SSSR count). The highest BCUT2D eigenvalue weighted by atomic mass is 19.4. The van der Waals surface area contributed by atoms with E-state index in [1.807, 2.05) is 29.2 Å². The molecule has 0 aromatic heterocycles. The Labute approximate surface area is 190 Å². The van der Waals surface area contributed by atoms with Crippen LogP contribution in [0, 0.1) is 11.8 Å². The lowest BCUT2D eigenvalue weighted by Crippen LogP contribution is -2.48. The summed E-state index contributed by atoms with van der Waals surface area (Å²) in [4.78, 5) is 16.7. The van der Waals surface area contributed by atoms with Gasteiger partial charge in [0.25, 0.3) is 0 Å². The summed E-state index contributed by atoms with van der Waals surface area (Å²) in [7, 11) is 1.67. The van der Waals surface area contributed by atoms with Crippen LogP contribution in [0.4, 0.5) is 29.3 Å². The van der Waals surface area contributed by atoms with Crippen LogP contribution in [0.1, 0.15) is 11.1 Å². The summed E-state index contributed by atoms with van der Waals surface area (Å²) in [5.41, 5.74) is 1.50. The van der Waals surface area contributed by atoms with Gasteiger partial charge in [-0.3, -0.25) is 0 Å². The third kappa shape index (κ3) is 4.15. The SMILES string of the molecule is COC1(c2ccc(NC(=O)N3CC4CN(c5ccc(C(F)(F)F)cc5)CC4C3)cc2)COC1. The van der Waals surface area contributed by atoms with Crippen molar-refractivity contribution in [2.75, 3.05) is 56.7 Å². The highest BCUT2D eigenvalue weighted by Crippen LogP contribution is 2.36. The first kappa shape index (κ1) is 22.0. The van der Waals surface area contributed by atoms with Crippen LogP contribution in [-0.2, 0) is 21.3 Å². The number of halogens is 3. The third-order valence-electron chi connectivity index (χ3n) is 7.06. The molecule has 2 aromatic carbocycles. The molecule has 3 aliphatic heterocycles. The van der Waals surface area contributed by atoms with Gasteiger partial charge in [-0.15, -0.1) is 0 Å². The van der Waals surface area contributed by atoms with E-state index in [4.69, 9.17) is 9.47 Å². The van der Waals surface area contributed by atoms with Crippen LogP contribution >= 0.6 is 0 Å². The van der Waals surface area contributed by atoms with E-state index in [0.29, 0.717) is 38.1 Å². The van der Waals surface area contributed by atoms with E-state index in [2.05, 4.69) is 10.2 Å². The van der Waals surface area contributed by atoms with Crippen molar-refractivity contribution in [2.45, 2.75) is 11.8 Å². The molecule has 2 unspecified atom stereocenters. The van der Waals surface area contributed by atoms with Crippen molar-refractivity contribution in [3.8, 4) is 0 Å². The number of nitrogens with zero attached hydrogens (tertiary/aromatic N) is 2. The first-order valence-electron chi connectivity index (χ1n) is 11.0. The van der Waals surface area contributed by atoms with Crippen molar-refractivity contribution < 1.29 is 27.4 Å². The minimum atomic E-state index is -4.33. The number of hydrogen-bond acceptors (Lipinski definition) is 4. The first-order chi connectivity index (χ1) is 15.8. The largest absolute Gasteiger partial charge is 0.416 e. The van der Waals surface area contributed by atoms with Gasteiger partial charge in [0.1, 0.15) is 5.60 Å². The highest BCUT2D eigenvalue weighted by Gasteiger charge is 2.42. The van der Waals surface area contributed by atoms with Crippen LogP contribution in [-0.4, -0.2) is 57.4 Å². The average Bonchev–Trinajstić information content (AvgIpc) is 3.34. The lowest BCUT2D eigenvalue weighted by Gasteiger charge is -2.40. The molecule has 3 fully saturated rings. The van der Waals surface area contributed by atoms with Crippen molar-refractivity contribution in [1.29, 1.82) is 0 Å². The molecule has 6 nitrogen and oxygen atoms in total. The van der Waals surface area contributed by atoms with Gasteiger partial charge in [0, 0.05) is 56.5 Å². The molecule has 2 atom stereocenters. The molecule has 1 N–H and O–H groups in total. The summed E-state index contributed by atoms with van der Waals surface area (Å²) < 4.78 is 49.3. The number of amides is 2. The van der Waals surface area contributed by atoms with Crippen molar-refractivity contribution in [3.05, 3.63) is 59.7 Å². The number of hydrogen-bond donors (Lipinski definition) is 1. The van der Waals surface area contributed by atoms with Gasteiger partial charge in [0.15, 0.2) is 0 Å². The van der Waals surface area contributed by atoms with Crippen LogP contribution in [0.25, 0.3) is 0 Å². The van der Waals surface area contributed by atoms with E-state index in [-0.39, 0.29) is 6.03 Å². The molecule has 3 saturated heterocycles. The van der Waals surface area contributed by atoms with Gasteiger partial charge in [0.2, 0.25) is 0 Å². The topological polar surface area (TPSA) is 54.0 Å². The fourth-order valence-electron chi connectivity index (χ4n) is 4.98. The third-order valence-corrected chi connectivity index (χ3v) is 7.06. The van der Waals surface area contributed by atoms with Gasteiger partial charge in [-0.2, -0.15) is 13.2 Å². The van der Waals surface area contributed by atoms with Crippen LogP contribution in [0.2, 0.25) is 0 Å². The zero-order chi connectivity index (χ0) is 23.2. The van der Waals surface area contributed by atoms with Gasteiger partial charge < -0.3 is 24.6 Å². The Morgan fingerprint density at radius 1 is 1.00 bits per heavy atom. The average molecular weight is 461 g/mol. The molecular formula is C24H26F3N3O3. The number of carbonyl (C=O) groups excluding carboxylic acids is 1. The number of fused-ring (bicyclic) bond motifs is 1. The van der Waals surface area contributed by atoms with Crippen molar-refractivity contribution in [1.82, 2.24) is 4.90 Å². The molecule has 9 heteroatoms. The van der Waals surface area contributed by atoms with Gasteiger partial charge in [0.05, 0.1) is 18.8 Å². The number of methoxy groups -OCH3 is 1. The molecule has 0 spiro atoms. The maximum absolute atomic E-state index is 12.8. The monoisotopic (exact) mass is 461 g/mol. The lowest BCUT2D eigenvalue weighted by molar-refractivity contribution is -0.202. The summed E-state index contributed by atoms with van der Waals surface area (Å²) in [5.74, 6) is 0.612. The lowest BCUT2D eigenvalue weighted by atomic mass is 9.91. The van der Waals surface area contributed by atoms with E-state index in [1.54, 1.807) is 7.11 Å². The summed E-state index contributed by atoms with van der Waals surface area (Å²) in [6.45, 7) is 3.78. The number of likely N-dealkylation sites (tertiary alicyclic amines) is 1. The van der Waals surface area contributed by atoms with Crippen LogP contribution in [0.3, 0.4) is 0 Å². The number of benzene rings is 2. The molecule has 2 amide bonds. The first-order valence-corrected chi connectivity index (χ1v) is 11.0. The second kappa shape index (κ2) is 8.22. The zero-order valence-electron chi connectivity index (χ0n) is 18.3. The minimum absolute atomic E-state index is 0.133. The van der Waals surface area contributed by atoms with Crippen LogP contribution < -0.4 is 10.2 Å². The Morgan fingerprint density at radius 3 is 2.09 bits per heavy atom. The number of anilines is 2. The van der Waals surface area contributed by atoms with Crippen LogP contribution in [0.15, 0.2) is 48.5 Å². The Morgan fingerprint density at radius 2 is 1.61 bits per heavy atom. The standard InChI is InChI=1S/C24H26F3N3O3/c1-32-23(14-33-15-23)18-2-6-20(7-3-18)28-22(31)30-12-16-10-29(11-17(16)13-30)21-8-4-19(5-9-21)24(25,26)27/h2-9,16-17H,10-15H2,1H3,(H,28,31). The molecule has 2 aromatic rings. The van der Waals surface area contributed by atoms with E-state index >= 15 is 0 Å². The van der Waals surface area contributed by atoms with E-state index in [9.17, 15) is 18.0 Å². The quantitative estimate of drug-likeness (QED) is 0.743. The van der Waals surface area contributed by atoms with E-state index in [0.717, 1.165) is 42.2 Å². The Balaban J connectivity index is 1.15. The van der Waals surface area contributed by atoms with Crippen LogP contribution in [0.5, 0.6) is 0 Å². The molecule has 33 heavy (non-hydrogen) atoms. The number of carbonyl (C=O) groups is 1. The summed E-state index contributed by atoms with van der Waals surface area (Å²) in [6, 6.07) is 12.8. The molecule has 176 valence electrons. The Kier molecular flexibility index (Phi) is 5.49. The maximum atomic E-state index is 12.8. The number of urea groups is 1. The predicted molar refractivity (Wildman–Crippen MR) is 117 cm³/mol. The zero-order valence-corrected chi connectivity index (χ0v) is 18.3. The number of rotatable bonds is 4. The Bertz CT molecular complexity index is 987. The molecule has 3 heterocycles. The van der Waals surface area contributed by atoms with E-state index in [1.165, 1.54) is 12.1 Å². The van der Waals surface area contributed by atoms with Gasteiger partial charge in [-0.05, 0) is 42.0 Å². The van der Waals surface area contributed by atoms with Crippen molar-refractivity contribution in [2.24, 2.45) is 11.8 Å². The molecule has 3 aliphatic rings. The summed E-state index contributed by atoms with van der Waals surface area (Å²) in [6.07, 6.45) is -4.33. The number of ether oxygens (including phenoxy) is 2. The van der Waals surface area contributed by atoms with E-state index < -0.39 is 17.3 Å². The van der Waals surface area contributed by atoms with Gasteiger partial charge in [-0.25, -0.2) is 4.79 Å². The van der Waals surface area contributed by atoms with Crippen molar-refractivity contribution >= 4 is 17.4 Å². The minimum Gasteiger partial charge on any atom is -0.375 e. The molecule has 0 radical (unpaired) electrons. The fraction of sp³-hybridized carbons (Fsp3) is 0.458. The molecule has 0 saturated carbocycles. The predicted octanol–water partition coefficient (Wildman–Crippen LogP) is 4.18. The highest BCUT2D eigenvalue weighted by molar-refractivity contribution is 5.89. The molecule has 0 aliphatic carbocycles. The maximum Gasteiger partial charge on any atom is 0.416 e.